The van der Waals surface area contributed by atoms with Gasteiger partial charge in [-0.05, 0) is 49.8 Å². The molecule has 4 heteroatoms. The smallest absolute Gasteiger partial charge is 0.336 e. The standard InChI is InChI=1S/C13H15NO2.C9H6O/c1-3-14(4-2)11-7-5-10-6-8-13(15)16-12(10)9-11;10-9-5-4-7-2-1-3-8(9)6-7/h5-9H,3-4H2,1-2H3;1-6H. The van der Waals surface area contributed by atoms with E-state index < -0.39 is 0 Å². The van der Waals surface area contributed by atoms with E-state index in [2.05, 4.69) is 24.8 Å². The van der Waals surface area contributed by atoms with Crippen molar-refractivity contribution in [2.45, 2.75) is 13.8 Å². The molecule has 132 valence electrons. The highest BCUT2D eigenvalue weighted by molar-refractivity contribution is 6.09. The summed E-state index contributed by atoms with van der Waals surface area (Å²) in [5.41, 5.74) is 3.34. The molecular formula is C22H21NO3. The summed E-state index contributed by atoms with van der Waals surface area (Å²) in [4.78, 5) is 24.3. The molecule has 0 saturated carbocycles. The maximum Gasteiger partial charge on any atom is 0.336 e. The molecule has 0 amide bonds. The zero-order chi connectivity index (χ0) is 18.5. The van der Waals surface area contributed by atoms with E-state index in [0.717, 1.165) is 35.3 Å². The van der Waals surface area contributed by atoms with Crippen LogP contribution in [0.5, 0.6) is 0 Å². The second kappa shape index (κ2) is 7.83. The van der Waals surface area contributed by atoms with Crippen LogP contribution in [0.25, 0.3) is 17.0 Å². The molecule has 0 fully saturated rings. The van der Waals surface area contributed by atoms with Gasteiger partial charge in [0.15, 0.2) is 5.78 Å². The summed E-state index contributed by atoms with van der Waals surface area (Å²) in [5, 5.41) is 0.954. The predicted octanol–water partition coefficient (Wildman–Crippen LogP) is 4.54. The van der Waals surface area contributed by atoms with Gasteiger partial charge in [0.25, 0.3) is 0 Å². The summed E-state index contributed by atoms with van der Waals surface area (Å²) in [6.45, 7) is 6.10. The molecule has 4 rings (SSSR count). The zero-order valence-corrected chi connectivity index (χ0v) is 14.9. The molecule has 26 heavy (non-hydrogen) atoms. The minimum Gasteiger partial charge on any atom is -0.423 e. The SMILES string of the molecule is CCN(CC)c1ccc2ccc(=O)oc2c1.O=C1C=Cc2cccc1c2. The monoisotopic (exact) mass is 347 g/mol. The van der Waals surface area contributed by atoms with Gasteiger partial charge in [0, 0.05) is 41.9 Å². The van der Waals surface area contributed by atoms with Gasteiger partial charge in [-0.15, -0.1) is 0 Å². The number of rotatable bonds is 3. The van der Waals surface area contributed by atoms with Crippen LogP contribution in [0.2, 0.25) is 0 Å². The third-order valence-corrected chi connectivity index (χ3v) is 4.33. The highest BCUT2D eigenvalue weighted by atomic mass is 16.4. The van der Waals surface area contributed by atoms with Crippen molar-refractivity contribution in [3.63, 3.8) is 0 Å². The van der Waals surface area contributed by atoms with E-state index in [1.165, 1.54) is 6.07 Å². The summed E-state index contributed by atoms with van der Waals surface area (Å²) in [6.07, 6.45) is 3.43. The van der Waals surface area contributed by atoms with Crippen molar-refractivity contribution in [1.29, 1.82) is 0 Å². The van der Waals surface area contributed by atoms with Gasteiger partial charge in [-0.1, -0.05) is 24.3 Å². The van der Waals surface area contributed by atoms with Crippen LogP contribution in [0.3, 0.4) is 0 Å². The number of carbonyl (C=O) groups is 1. The normalized spacial score (nSPS) is 11.8. The Labute approximate surface area is 152 Å². The molecule has 0 spiro atoms. The molecular weight excluding hydrogens is 326 g/mol. The summed E-state index contributed by atoms with van der Waals surface area (Å²) in [7, 11) is 0. The zero-order valence-electron chi connectivity index (χ0n) is 14.9. The van der Waals surface area contributed by atoms with Gasteiger partial charge in [0.2, 0.25) is 0 Å². The first kappa shape index (κ1) is 17.7. The van der Waals surface area contributed by atoms with E-state index in [9.17, 15) is 9.59 Å². The lowest BCUT2D eigenvalue weighted by Gasteiger charge is -2.20. The summed E-state index contributed by atoms with van der Waals surface area (Å²) >= 11 is 0. The van der Waals surface area contributed by atoms with E-state index in [0.29, 0.717) is 5.58 Å². The minimum atomic E-state index is -0.302. The lowest BCUT2D eigenvalue weighted by molar-refractivity contribution is 0.104. The fourth-order valence-corrected chi connectivity index (χ4v) is 2.90. The number of carbonyl (C=O) groups excluding carboxylic acids is 1. The van der Waals surface area contributed by atoms with Crippen molar-refractivity contribution in [3.05, 3.63) is 82.2 Å². The number of allylic oxidation sites excluding steroid dienone is 1. The molecule has 2 bridgehead atoms. The Morgan fingerprint density at radius 3 is 2.38 bits per heavy atom. The molecule has 0 atom stereocenters. The fourth-order valence-electron chi connectivity index (χ4n) is 2.90. The van der Waals surface area contributed by atoms with Crippen molar-refractivity contribution in [1.82, 2.24) is 0 Å². The molecule has 3 aromatic rings. The van der Waals surface area contributed by atoms with Crippen LogP contribution >= 0.6 is 0 Å². The molecule has 4 nitrogen and oxygen atoms in total. The number of hydrogen-bond acceptors (Lipinski definition) is 4. The van der Waals surface area contributed by atoms with Crippen molar-refractivity contribution in [2.24, 2.45) is 0 Å². The molecule has 0 aliphatic heterocycles. The third kappa shape index (κ3) is 3.91. The van der Waals surface area contributed by atoms with Crippen LogP contribution in [0.15, 0.2) is 69.9 Å². The topological polar surface area (TPSA) is 50.5 Å². The molecule has 0 N–H and O–H groups in total. The fraction of sp³-hybridized carbons (Fsp3) is 0.182. The Hall–Kier alpha value is -3.14. The van der Waals surface area contributed by atoms with Crippen LogP contribution in [0.1, 0.15) is 29.8 Å². The second-order valence-electron chi connectivity index (χ2n) is 5.97. The van der Waals surface area contributed by atoms with E-state index in [1.807, 2.05) is 42.5 Å². The second-order valence-corrected chi connectivity index (χ2v) is 5.97. The Bertz CT molecular complexity index is 1010. The van der Waals surface area contributed by atoms with E-state index in [1.54, 1.807) is 12.1 Å². The van der Waals surface area contributed by atoms with E-state index in [-0.39, 0.29) is 11.4 Å². The van der Waals surface area contributed by atoms with Crippen LogP contribution in [-0.4, -0.2) is 18.9 Å². The highest BCUT2D eigenvalue weighted by Gasteiger charge is 2.05. The van der Waals surface area contributed by atoms with Gasteiger partial charge in [-0.3, -0.25) is 4.79 Å². The van der Waals surface area contributed by atoms with Gasteiger partial charge < -0.3 is 9.32 Å². The molecule has 0 unspecified atom stereocenters. The van der Waals surface area contributed by atoms with Gasteiger partial charge in [0.05, 0.1) is 0 Å². The Morgan fingerprint density at radius 1 is 0.885 bits per heavy atom. The molecule has 2 aromatic carbocycles. The minimum absolute atomic E-state index is 0.105. The van der Waals surface area contributed by atoms with E-state index in [4.69, 9.17) is 4.42 Å². The van der Waals surface area contributed by atoms with Crippen molar-refractivity contribution in [3.8, 4) is 0 Å². The van der Waals surface area contributed by atoms with Crippen LogP contribution < -0.4 is 10.5 Å². The van der Waals surface area contributed by atoms with Crippen molar-refractivity contribution in [2.75, 3.05) is 18.0 Å². The average Bonchev–Trinajstić information content (AvgIpc) is 2.66. The summed E-state index contributed by atoms with van der Waals surface area (Å²) in [5.74, 6) is 0.105. The van der Waals surface area contributed by atoms with Crippen molar-refractivity contribution >= 4 is 28.5 Å². The largest absolute Gasteiger partial charge is 0.423 e. The predicted molar refractivity (Wildman–Crippen MR) is 106 cm³/mol. The molecule has 1 aliphatic carbocycles. The van der Waals surface area contributed by atoms with Gasteiger partial charge in [0.1, 0.15) is 5.58 Å². The molecule has 1 heterocycles. The third-order valence-electron chi connectivity index (χ3n) is 4.33. The first-order valence-corrected chi connectivity index (χ1v) is 8.72. The van der Waals surface area contributed by atoms with Crippen molar-refractivity contribution < 1.29 is 9.21 Å². The summed E-state index contributed by atoms with van der Waals surface area (Å²) < 4.78 is 5.16. The maximum atomic E-state index is 11.1. The Morgan fingerprint density at radius 2 is 1.65 bits per heavy atom. The first-order chi connectivity index (χ1) is 12.6. The number of ketones is 1. The lowest BCUT2D eigenvalue weighted by atomic mass is 10.0. The number of anilines is 1. The van der Waals surface area contributed by atoms with Crippen LogP contribution in [0, 0.1) is 0 Å². The summed E-state index contributed by atoms with van der Waals surface area (Å²) in [6, 6.07) is 16.8. The Kier molecular flexibility index (Phi) is 5.32. The number of nitrogens with zero attached hydrogens (tertiary/aromatic N) is 1. The van der Waals surface area contributed by atoms with E-state index >= 15 is 0 Å². The quantitative estimate of drug-likeness (QED) is 0.653. The Balaban J connectivity index is 0.000000167. The number of fused-ring (bicyclic) bond motifs is 3. The lowest BCUT2D eigenvalue weighted by Crippen LogP contribution is -2.21. The highest BCUT2D eigenvalue weighted by Crippen LogP contribution is 2.20. The first-order valence-electron chi connectivity index (χ1n) is 8.72. The number of benzene rings is 2. The van der Waals surface area contributed by atoms with Crippen LogP contribution in [0.4, 0.5) is 5.69 Å². The van der Waals surface area contributed by atoms with Gasteiger partial charge in [-0.2, -0.15) is 0 Å². The number of hydrogen-bond donors (Lipinski definition) is 0. The molecule has 0 radical (unpaired) electrons. The molecule has 0 saturated heterocycles. The molecule has 1 aromatic heterocycles. The van der Waals surface area contributed by atoms with Gasteiger partial charge in [-0.25, -0.2) is 4.79 Å². The maximum absolute atomic E-state index is 11.1. The molecule has 1 aliphatic rings. The average molecular weight is 347 g/mol. The van der Waals surface area contributed by atoms with Crippen LogP contribution in [-0.2, 0) is 0 Å². The van der Waals surface area contributed by atoms with Gasteiger partial charge >= 0.3 is 5.63 Å².